The molecule has 0 aromatic rings. The van der Waals surface area contributed by atoms with Crippen molar-refractivity contribution in [2.45, 2.75) is 52.1 Å². The molecule has 0 spiro atoms. The third-order valence-corrected chi connectivity index (χ3v) is 3.92. The summed E-state index contributed by atoms with van der Waals surface area (Å²) in [6, 6.07) is -0.126. The molecule has 2 aliphatic heterocycles. The van der Waals surface area contributed by atoms with Crippen LogP contribution in [-0.4, -0.2) is 79.8 Å². The molecule has 0 bridgehead atoms. The fourth-order valence-electron chi connectivity index (χ4n) is 3.26. The van der Waals surface area contributed by atoms with Crippen molar-refractivity contribution in [3.05, 3.63) is 0 Å². The molecule has 2 rings (SSSR count). The molecule has 0 aliphatic carbocycles. The van der Waals surface area contributed by atoms with E-state index in [4.69, 9.17) is 9.47 Å². The zero-order chi connectivity index (χ0) is 16.1. The molecule has 2 N–H and O–H groups in total. The minimum absolute atomic E-state index is 0.126. The highest BCUT2D eigenvalue weighted by molar-refractivity contribution is 5.73. The number of morpholine rings is 2. The van der Waals surface area contributed by atoms with Crippen molar-refractivity contribution >= 4 is 6.03 Å². The van der Waals surface area contributed by atoms with Gasteiger partial charge in [0.1, 0.15) is 0 Å². The number of carbonyl (C=O) groups is 1. The quantitative estimate of drug-likeness (QED) is 0.787. The van der Waals surface area contributed by atoms with Gasteiger partial charge in [0.2, 0.25) is 0 Å². The molecule has 128 valence electrons. The summed E-state index contributed by atoms with van der Waals surface area (Å²) in [5, 5.41) is 5.84. The lowest BCUT2D eigenvalue weighted by molar-refractivity contribution is -0.0702. The number of carbonyl (C=O) groups excluding carboxylic acids is 1. The zero-order valence-electron chi connectivity index (χ0n) is 14.2. The van der Waals surface area contributed by atoms with Crippen LogP contribution in [0.15, 0.2) is 0 Å². The van der Waals surface area contributed by atoms with E-state index in [9.17, 15) is 4.79 Å². The van der Waals surface area contributed by atoms with Gasteiger partial charge in [-0.05, 0) is 27.7 Å². The first-order valence-corrected chi connectivity index (χ1v) is 8.19. The maximum absolute atomic E-state index is 11.9. The number of rotatable bonds is 4. The average molecular weight is 314 g/mol. The lowest BCUT2D eigenvalue weighted by Gasteiger charge is -2.36. The third-order valence-electron chi connectivity index (χ3n) is 3.92. The Morgan fingerprint density at radius 3 is 1.45 bits per heavy atom. The van der Waals surface area contributed by atoms with Crippen LogP contribution < -0.4 is 10.6 Å². The first-order chi connectivity index (χ1) is 10.4. The Labute approximate surface area is 133 Å². The molecule has 2 amide bonds. The van der Waals surface area contributed by atoms with Gasteiger partial charge in [-0.2, -0.15) is 0 Å². The Kier molecular flexibility index (Phi) is 6.43. The number of amides is 2. The van der Waals surface area contributed by atoms with E-state index in [1.165, 1.54) is 0 Å². The predicted octanol–water partition coefficient (Wildman–Crippen LogP) is 0.419. The van der Waals surface area contributed by atoms with Crippen LogP contribution in [0.3, 0.4) is 0 Å². The van der Waals surface area contributed by atoms with Crippen molar-refractivity contribution in [1.29, 1.82) is 0 Å². The molecule has 0 saturated carbocycles. The van der Waals surface area contributed by atoms with Gasteiger partial charge in [-0.25, -0.2) is 4.79 Å². The maximum atomic E-state index is 11.9. The van der Waals surface area contributed by atoms with Crippen molar-refractivity contribution in [1.82, 2.24) is 20.4 Å². The van der Waals surface area contributed by atoms with Crippen LogP contribution in [0.4, 0.5) is 4.79 Å². The Morgan fingerprint density at radius 2 is 1.14 bits per heavy atom. The molecule has 4 atom stereocenters. The molecule has 0 aromatic carbocycles. The van der Waals surface area contributed by atoms with Gasteiger partial charge < -0.3 is 20.1 Å². The Balaban J connectivity index is 1.63. The molecule has 0 unspecified atom stereocenters. The van der Waals surface area contributed by atoms with E-state index in [1.54, 1.807) is 0 Å². The van der Waals surface area contributed by atoms with Gasteiger partial charge in [-0.15, -0.1) is 0 Å². The minimum atomic E-state index is -0.126. The van der Waals surface area contributed by atoms with Crippen LogP contribution in [-0.2, 0) is 9.47 Å². The van der Waals surface area contributed by atoms with Gasteiger partial charge in [0.15, 0.2) is 0 Å². The number of nitrogens with zero attached hydrogens (tertiary/aromatic N) is 2. The molecular formula is C15H30N4O3. The van der Waals surface area contributed by atoms with Gasteiger partial charge in [0, 0.05) is 26.2 Å². The summed E-state index contributed by atoms with van der Waals surface area (Å²) in [6.07, 6.45) is 0.852. The van der Waals surface area contributed by atoms with E-state index in [1.807, 2.05) is 0 Å². The van der Waals surface area contributed by atoms with Crippen molar-refractivity contribution < 1.29 is 14.3 Å². The van der Waals surface area contributed by atoms with Crippen LogP contribution in [0, 0.1) is 0 Å². The Morgan fingerprint density at radius 1 is 0.818 bits per heavy atom. The first-order valence-electron chi connectivity index (χ1n) is 8.19. The molecule has 0 aromatic heterocycles. The van der Waals surface area contributed by atoms with E-state index < -0.39 is 0 Å². The first kappa shape index (κ1) is 17.5. The molecule has 2 aliphatic rings. The Bertz CT molecular complexity index is 317. The van der Waals surface area contributed by atoms with E-state index in [-0.39, 0.29) is 30.4 Å². The summed E-state index contributed by atoms with van der Waals surface area (Å²) in [5.74, 6) is 0. The van der Waals surface area contributed by atoms with Gasteiger partial charge in [0.05, 0.1) is 37.8 Å². The standard InChI is InChI=1S/C15H30N4O3/c1-11-5-18(6-12(2)21-11)9-16-15(20)17-10-19-7-13(3)22-14(4)8-19/h11-14H,5-10H2,1-4H3,(H2,16,17,20)/t11-,12+,13-,14+. The van der Waals surface area contributed by atoms with Crippen molar-refractivity contribution in [3.8, 4) is 0 Å². The third kappa shape index (κ3) is 5.72. The maximum Gasteiger partial charge on any atom is 0.316 e. The highest BCUT2D eigenvalue weighted by Gasteiger charge is 2.23. The van der Waals surface area contributed by atoms with Crippen molar-refractivity contribution in [2.24, 2.45) is 0 Å². The van der Waals surface area contributed by atoms with Gasteiger partial charge in [-0.1, -0.05) is 0 Å². The van der Waals surface area contributed by atoms with Crippen LogP contribution >= 0.6 is 0 Å². The lowest BCUT2D eigenvalue weighted by atomic mass is 10.2. The highest BCUT2D eigenvalue weighted by atomic mass is 16.5. The fourth-order valence-corrected chi connectivity index (χ4v) is 3.26. The molecule has 2 saturated heterocycles. The number of ether oxygens (including phenoxy) is 2. The van der Waals surface area contributed by atoms with E-state index >= 15 is 0 Å². The molecule has 7 nitrogen and oxygen atoms in total. The van der Waals surface area contributed by atoms with Gasteiger partial charge in [-0.3, -0.25) is 9.80 Å². The van der Waals surface area contributed by atoms with Gasteiger partial charge in [0.25, 0.3) is 0 Å². The number of hydrogen-bond donors (Lipinski definition) is 2. The average Bonchev–Trinajstić information content (AvgIpc) is 2.41. The topological polar surface area (TPSA) is 66.1 Å². The Hall–Kier alpha value is -0.890. The second-order valence-corrected chi connectivity index (χ2v) is 6.59. The van der Waals surface area contributed by atoms with Crippen molar-refractivity contribution in [2.75, 3.05) is 39.5 Å². The number of nitrogens with one attached hydrogen (secondary N) is 2. The highest BCUT2D eigenvalue weighted by Crippen LogP contribution is 2.10. The van der Waals surface area contributed by atoms with E-state index in [0.717, 1.165) is 26.2 Å². The SMILES string of the molecule is C[C@@H]1CN(CNC(=O)NCN2C[C@@H](C)O[C@@H](C)C2)C[C@H](C)O1. The minimum Gasteiger partial charge on any atom is -0.373 e. The van der Waals surface area contributed by atoms with Crippen LogP contribution in [0.1, 0.15) is 27.7 Å². The largest absolute Gasteiger partial charge is 0.373 e. The molecule has 2 fully saturated rings. The van der Waals surface area contributed by atoms with E-state index in [0.29, 0.717) is 13.3 Å². The summed E-state index contributed by atoms with van der Waals surface area (Å²) in [5.41, 5.74) is 0. The second kappa shape index (κ2) is 8.10. The number of urea groups is 1. The lowest BCUT2D eigenvalue weighted by Crippen LogP contribution is -2.53. The summed E-state index contributed by atoms with van der Waals surface area (Å²) in [6.45, 7) is 12.7. The summed E-state index contributed by atoms with van der Waals surface area (Å²) >= 11 is 0. The van der Waals surface area contributed by atoms with E-state index in [2.05, 4.69) is 48.1 Å². The molecule has 2 heterocycles. The predicted molar refractivity (Wildman–Crippen MR) is 84.6 cm³/mol. The molecule has 0 radical (unpaired) electrons. The fraction of sp³-hybridized carbons (Fsp3) is 0.933. The molecule has 7 heteroatoms. The summed E-state index contributed by atoms with van der Waals surface area (Å²) in [4.78, 5) is 16.3. The van der Waals surface area contributed by atoms with Gasteiger partial charge >= 0.3 is 6.03 Å². The zero-order valence-corrected chi connectivity index (χ0v) is 14.2. The van der Waals surface area contributed by atoms with Crippen LogP contribution in [0.5, 0.6) is 0 Å². The molecule has 22 heavy (non-hydrogen) atoms. The monoisotopic (exact) mass is 314 g/mol. The van der Waals surface area contributed by atoms with Crippen LogP contribution in [0.2, 0.25) is 0 Å². The van der Waals surface area contributed by atoms with Crippen LogP contribution in [0.25, 0.3) is 0 Å². The normalized spacial score (nSPS) is 34.4. The second-order valence-electron chi connectivity index (χ2n) is 6.59. The molecular weight excluding hydrogens is 284 g/mol. The summed E-state index contributed by atoms with van der Waals surface area (Å²) < 4.78 is 11.4. The summed E-state index contributed by atoms with van der Waals surface area (Å²) in [7, 11) is 0. The van der Waals surface area contributed by atoms with Crippen molar-refractivity contribution in [3.63, 3.8) is 0 Å². The smallest absolute Gasteiger partial charge is 0.316 e. The number of hydrogen-bond acceptors (Lipinski definition) is 5.